The predicted molar refractivity (Wildman–Crippen MR) is 98.6 cm³/mol. The van der Waals surface area contributed by atoms with Gasteiger partial charge in [0.15, 0.2) is 5.11 Å². The molecule has 1 heterocycles. The number of thiocarbonyl (C=S) groups is 1. The van der Waals surface area contributed by atoms with Gasteiger partial charge in [-0.25, -0.2) is 4.39 Å². The number of rotatable bonds is 4. The number of aryl methyl sites for hydroxylation is 1. The van der Waals surface area contributed by atoms with Crippen molar-refractivity contribution in [2.24, 2.45) is 0 Å². The highest BCUT2D eigenvalue weighted by Gasteiger charge is 2.20. The average Bonchev–Trinajstić information content (AvgIpc) is 2.50. The number of nitrogens with zero attached hydrogens (tertiary/aromatic N) is 2. The van der Waals surface area contributed by atoms with Crippen LogP contribution < -0.4 is 10.6 Å². The first kappa shape index (κ1) is 18.6. The monoisotopic (exact) mass is 352 g/mol. The van der Waals surface area contributed by atoms with Crippen molar-refractivity contribution < 1.29 is 9.18 Å². The Kier molecular flexibility index (Phi) is 6.51. The molecule has 1 fully saturated rings. The molecule has 1 aromatic carbocycles. The summed E-state index contributed by atoms with van der Waals surface area (Å²) in [5, 5.41) is 6.57. The van der Waals surface area contributed by atoms with Gasteiger partial charge in [-0.2, -0.15) is 0 Å². The Hall–Kier alpha value is -1.73. The average molecular weight is 352 g/mol. The number of piperazine rings is 1. The van der Waals surface area contributed by atoms with Crippen LogP contribution in [0.3, 0.4) is 0 Å². The predicted octanol–water partition coefficient (Wildman–Crippen LogP) is 1.97. The van der Waals surface area contributed by atoms with Gasteiger partial charge in [0.2, 0.25) is 5.91 Å². The van der Waals surface area contributed by atoms with Crippen molar-refractivity contribution in [1.29, 1.82) is 0 Å². The minimum Gasteiger partial charge on any atom is -0.353 e. The van der Waals surface area contributed by atoms with Crippen LogP contribution in [0.5, 0.6) is 0 Å². The topological polar surface area (TPSA) is 47.6 Å². The SMILES string of the molecule is Cc1ccc(NC(=S)N2CCN(CC(=O)NC(C)C)CC2)cc1F. The van der Waals surface area contributed by atoms with E-state index in [0.717, 1.165) is 26.2 Å². The summed E-state index contributed by atoms with van der Waals surface area (Å²) in [4.78, 5) is 16.0. The molecular weight excluding hydrogens is 327 g/mol. The molecule has 0 radical (unpaired) electrons. The van der Waals surface area contributed by atoms with Gasteiger partial charge in [0.25, 0.3) is 0 Å². The van der Waals surface area contributed by atoms with Gasteiger partial charge in [-0.05, 0) is 50.7 Å². The maximum absolute atomic E-state index is 13.6. The summed E-state index contributed by atoms with van der Waals surface area (Å²) >= 11 is 5.41. The molecule has 0 unspecified atom stereocenters. The van der Waals surface area contributed by atoms with Crippen molar-refractivity contribution in [1.82, 2.24) is 15.1 Å². The Morgan fingerprint density at radius 3 is 2.54 bits per heavy atom. The summed E-state index contributed by atoms with van der Waals surface area (Å²) in [5.74, 6) is -0.196. The maximum atomic E-state index is 13.6. The Balaban J connectivity index is 1.80. The second-order valence-electron chi connectivity index (χ2n) is 6.38. The summed E-state index contributed by atoms with van der Waals surface area (Å²) in [7, 11) is 0. The second-order valence-corrected chi connectivity index (χ2v) is 6.77. The number of anilines is 1. The van der Waals surface area contributed by atoms with Crippen LogP contribution in [-0.2, 0) is 4.79 Å². The third kappa shape index (κ3) is 5.42. The van der Waals surface area contributed by atoms with Crippen LogP contribution in [-0.4, -0.2) is 59.6 Å². The quantitative estimate of drug-likeness (QED) is 0.812. The van der Waals surface area contributed by atoms with Gasteiger partial charge in [-0.15, -0.1) is 0 Å². The molecule has 2 rings (SSSR count). The van der Waals surface area contributed by atoms with E-state index < -0.39 is 0 Å². The van der Waals surface area contributed by atoms with Crippen LogP contribution in [0.4, 0.5) is 10.1 Å². The van der Waals surface area contributed by atoms with E-state index in [2.05, 4.69) is 15.5 Å². The summed E-state index contributed by atoms with van der Waals surface area (Å²) in [5.41, 5.74) is 1.27. The minimum atomic E-state index is -0.246. The Labute approximate surface area is 148 Å². The van der Waals surface area contributed by atoms with Crippen LogP contribution in [0.2, 0.25) is 0 Å². The molecule has 1 aromatic rings. The van der Waals surface area contributed by atoms with Gasteiger partial charge >= 0.3 is 0 Å². The first-order chi connectivity index (χ1) is 11.3. The highest BCUT2D eigenvalue weighted by molar-refractivity contribution is 7.80. The lowest BCUT2D eigenvalue weighted by Gasteiger charge is -2.36. The molecule has 7 heteroatoms. The molecule has 0 spiro atoms. The summed E-state index contributed by atoms with van der Waals surface area (Å²) in [6.07, 6.45) is 0. The number of benzene rings is 1. The van der Waals surface area contributed by atoms with Crippen LogP contribution in [0.1, 0.15) is 19.4 Å². The van der Waals surface area contributed by atoms with Gasteiger partial charge in [0.05, 0.1) is 6.54 Å². The number of carbonyl (C=O) groups excluding carboxylic acids is 1. The summed E-state index contributed by atoms with van der Waals surface area (Å²) in [6, 6.07) is 5.15. The molecule has 132 valence electrons. The fourth-order valence-corrected chi connectivity index (χ4v) is 2.85. The molecule has 0 aromatic heterocycles. The van der Waals surface area contributed by atoms with Crippen molar-refractivity contribution in [3.63, 3.8) is 0 Å². The number of carbonyl (C=O) groups is 1. The molecule has 0 atom stereocenters. The third-order valence-electron chi connectivity index (χ3n) is 3.90. The van der Waals surface area contributed by atoms with Crippen LogP contribution in [0, 0.1) is 12.7 Å². The molecule has 0 saturated carbocycles. The van der Waals surface area contributed by atoms with Crippen LogP contribution >= 0.6 is 12.2 Å². The van der Waals surface area contributed by atoms with E-state index in [-0.39, 0.29) is 17.8 Å². The molecule has 24 heavy (non-hydrogen) atoms. The van der Waals surface area contributed by atoms with Crippen molar-refractivity contribution in [3.8, 4) is 0 Å². The van der Waals surface area contributed by atoms with E-state index in [1.54, 1.807) is 13.0 Å². The zero-order chi connectivity index (χ0) is 17.7. The molecule has 5 nitrogen and oxygen atoms in total. The van der Waals surface area contributed by atoms with E-state index in [1.165, 1.54) is 6.07 Å². The van der Waals surface area contributed by atoms with E-state index in [4.69, 9.17) is 12.2 Å². The van der Waals surface area contributed by atoms with Gasteiger partial charge in [0, 0.05) is 37.9 Å². The van der Waals surface area contributed by atoms with Crippen molar-refractivity contribution in [2.75, 3.05) is 38.0 Å². The number of halogens is 1. The van der Waals surface area contributed by atoms with Crippen molar-refractivity contribution >= 4 is 28.9 Å². The Morgan fingerprint density at radius 2 is 1.96 bits per heavy atom. The molecular formula is C17H25FN4OS. The highest BCUT2D eigenvalue weighted by Crippen LogP contribution is 2.14. The molecule has 0 aliphatic carbocycles. The smallest absolute Gasteiger partial charge is 0.234 e. The molecule has 1 saturated heterocycles. The summed E-state index contributed by atoms with van der Waals surface area (Å²) in [6.45, 7) is 9.08. The first-order valence-corrected chi connectivity index (χ1v) is 8.60. The highest BCUT2D eigenvalue weighted by atomic mass is 32.1. The number of amides is 1. The largest absolute Gasteiger partial charge is 0.353 e. The lowest BCUT2D eigenvalue weighted by molar-refractivity contribution is -0.123. The number of nitrogens with one attached hydrogen (secondary N) is 2. The second kappa shape index (κ2) is 8.39. The van der Waals surface area contributed by atoms with Crippen molar-refractivity contribution in [3.05, 3.63) is 29.6 Å². The fourth-order valence-electron chi connectivity index (χ4n) is 2.55. The number of hydrogen-bond donors (Lipinski definition) is 2. The third-order valence-corrected chi connectivity index (χ3v) is 4.26. The Morgan fingerprint density at radius 1 is 1.29 bits per heavy atom. The van der Waals surface area contributed by atoms with E-state index in [9.17, 15) is 9.18 Å². The normalized spacial score (nSPS) is 15.5. The lowest BCUT2D eigenvalue weighted by atomic mass is 10.2. The standard InChI is InChI=1S/C17H25FN4OS/c1-12(2)19-16(23)11-21-6-8-22(9-7-21)17(24)20-14-5-4-13(3)15(18)10-14/h4-5,10,12H,6-9,11H2,1-3H3,(H,19,23)(H,20,24). The molecule has 2 N–H and O–H groups in total. The van der Waals surface area contributed by atoms with E-state index >= 15 is 0 Å². The van der Waals surface area contributed by atoms with E-state index in [1.807, 2.05) is 24.8 Å². The van der Waals surface area contributed by atoms with Gasteiger partial charge in [0.1, 0.15) is 5.82 Å². The molecule has 0 bridgehead atoms. The molecule has 1 aliphatic heterocycles. The van der Waals surface area contributed by atoms with Crippen LogP contribution in [0.25, 0.3) is 0 Å². The Bertz CT molecular complexity index is 600. The summed E-state index contributed by atoms with van der Waals surface area (Å²) < 4.78 is 13.6. The maximum Gasteiger partial charge on any atom is 0.234 e. The molecule has 1 amide bonds. The van der Waals surface area contributed by atoms with Crippen LogP contribution in [0.15, 0.2) is 18.2 Å². The number of hydrogen-bond acceptors (Lipinski definition) is 3. The minimum absolute atomic E-state index is 0.0503. The fraction of sp³-hybridized carbons (Fsp3) is 0.529. The zero-order valence-corrected chi connectivity index (χ0v) is 15.3. The lowest BCUT2D eigenvalue weighted by Crippen LogP contribution is -2.52. The molecule has 1 aliphatic rings. The first-order valence-electron chi connectivity index (χ1n) is 8.19. The van der Waals surface area contributed by atoms with Crippen molar-refractivity contribution in [2.45, 2.75) is 26.8 Å². The van der Waals surface area contributed by atoms with E-state index in [0.29, 0.717) is 22.9 Å². The van der Waals surface area contributed by atoms with Gasteiger partial charge in [-0.1, -0.05) is 6.07 Å². The zero-order valence-electron chi connectivity index (χ0n) is 14.4. The van der Waals surface area contributed by atoms with Gasteiger partial charge < -0.3 is 15.5 Å². The van der Waals surface area contributed by atoms with Gasteiger partial charge in [-0.3, -0.25) is 9.69 Å².